The maximum atomic E-state index is 12.5. The standard InChI is InChI=1S/C21H23ClN4O3S/c22-16-5-3-6-17(15-16)25-11-13-26(14-12-25)20(27)9-4-10-23-21-18-7-1-2-8-19(18)30(28,29)24-21/h1-3,5-8,15H,4,9-14H2,(H,23,24). The fourth-order valence-corrected chi connectivity index (χ4v) is 5.15. The number of fused-ring (bicyclic) bond motifs is 1. The molecule has 1 fully saturated rings. The Bertz CT molecular complexity index is 1080. The summed E-state index contributed by atoms with van der Waals surface area (Å²) in [5, 5.41) is 0.708. The fourth-order valence-electron chi connectivity index (χ4n) is 3.72. The van der Waals surface area contributed by atoms with E-state index in [4.69, 9.17) is 11.6 Å². The van der Waals surface area contributed by atoms with Gasteiger partial charge in [0.2, 0.25) is 5.91 Å². The molecule has 0 saturated carbocycles. The Morgan fingerprint density at radius 1 is 1.07 bits per heavy atom. The quantitative estimate of drug-likeness (QED) is 0.715. The van der Waals surface area contributed by atoms with Gasteiger partial charge >= 0.3 is 0 Å². The molecule has 0 unspecified atom stereocenters. The average molecular weight is 447 g/mol. The van der Waals surface area contributed by atoms with E-state index in [9.17, 15) is 13.2 Å². The van der Waals surface area contributed by atoms with Gasteiger partial charge in [-0.3, -0.25) is 14.5 Å². The molecular weight excluding hydrogens is 424 g/mol. The minimum absolute atomic E-state index is 0.105. The highest BCUT2D eigenvalue weighted by atomic mass is 35.5. The van der Waals surface area contributed by atoms with Gasteiger partial charge in [-0.2, -0.15) is 0 Å². The lowest BCUT2D eigenvalue weighted by Crippen LogP contribution is -2.48. The first-order chi connectivity index (χ1) is 14.4. The third kappa shape index (κ3) is 4.44. The van der Waals surface area contributed by atoms with Gasteiger partial charge in [0.1, 0.15) is 5.84 Å². The van der Waals surface area contributed by atoms with E-state index >= 15 is 0 Å². The number of piperazine rings is 1. The zero-order chi connectivity index (χ0) is 21.1. The SMILES string of the molecule is O=C(CCCN=C1NS(=O)(=O)c2ccccc21)N1CCN(c2cccc(Cl)c2)CC1. The Kier molecular flexibility index (Phi) is 5.97. The lowest BCUT2D eigenvalue weighted by Gasteiger charge is -2.36. The Morgan fingerprint density at radius 2 is 1.83 bits per heavy atom. The van der Waals surface area contributed by atoms with Crippen molar-refractivity contribution in [2.45, 2.75) is 17.7 Å². The second-order valence-electron chi connectivity index (χ2n) is 7.28. The summed E-state index contributed by atoms with van der Waals surface area (Å²) in [4.78, 5) is 21.2. The number of hydrogen-bond donors (Lipinski definition) is 1. The predicted octanol–water partition coefficient (Wildman–Crippen LogP) is 2.51. The van der Waals surface area contributed by atoms with Crippen LogP contribution in [0.5, 0.6) is 0 Å². The molecule has 0 aromatic heterocycles. The van der Waals surface area contributed by atoms with Crippen LogP contribution < -0.4 is 9.62 Å². The summed E-state index contributed by atoms with van der Waals surface area (Å²) in [7, 11) is -3.53. The van der Waals surface area contributed by atoms with Crippen LogP contribution in [0.25, 0.3) is 0 Å². The molecule has 1 N–H and O–H groups in total. The molecule has 158 valence electrons. The number of amides is 1. The highest BCUT2D eigenvalue weighted by Crippen LogP contribution is 2.23. The number of nitrogens with one attached hydrogen (secondary N) is 1. The summed E-state index contributed by atoms with van der Waals surface area (Å²) >= 11 is 6.07. The lowest BCUT2D eigenvalue weighted by atomic mass is 10.2. The minimum Gasteiger partial charge on any atom is -0.368 e. The maximum absolute atomic E-state index is 12.5. The molecule has 2 aromatic rings. The zero-order valence-electron chi connectivity index (χ0n) is 16.4. The minimum atomic E-state index is -3.53. The molecule has 2 aliphatic rings. The molecule has 30 heavy (non-hydrogen) atoms. The van der Waals surface area contributed by atoms with Crippen molar-refractivity contribution < 1.29 is 13.2 Å². The van der Waals surface area contributed by atoms with E-state index < -0.39 is 10.0 Å². The van der Waals surface area contributed by atoms with Crippen molar-refractivity contribution in [3.8, 4) is 0 Å². The van der Waals surface area contributed by atoms with E-state index in [0.29, 0.717) is 48.9 Å². The normalized spacial score (nSPS) is 18.9. The molecule has 0 bridgehead atoms. The summed E-state index contributed by atoms with van der Waals surface area (Å²) in [5.74, 6) is 0.460. The van der Waals surface area contributed by atoms with Crippen molar-refractivity contribution in [2.75, 3.05) is 37.6 Å². The Morgan fingerprint density at radius 3 is 2.60 bits per heavy atom. The molecule has 9 heteroatoms. The molecule has 0 aliphatic carbocycles. The highest BCUT2D eigenvalue weighted by molar-refractivity contribution is 7.90. The van der Waals surface area contributed by atoms with E-state index in [-0.39, 0.29) is 10.8 Å². The molecule has 0 spiro atoms. The van der Waals surface area contributed by atoms with Gasteiger partial charge < -0.3 is 9.80 Å². The van der Waals surface area contributed by atoms with Crippen molar-refractivity contribution in [1.82, 2.24) is 9.62 Å². The molecule has 4 rings (SSSR count). The fraction of sp³-hybridized carbons (Fsp3) is 0.333. The topological polar surface area (TPSA) is 82.1 Å². The van der Waals surface area contributed by atoms with E-state index in [2.05, 4.69) is 14.6 Å². The molecule has 2 aliphatic heterocycles. The number of anilines is 1. The van der Waals surface area contributed by atoms with E-state index in [1.807, 2.05) is 29.2 Å². The number of hydrogen-bond acceptors (Lipinski definition) is 5. The molecular formula is C21H23ClN4O3S. The second-order valence-corrected chi connectivity index (χ2v) is 9.37. The number of amidine groups is 1. The monoisotopic (exact) mass is 446 g/mol. The van der Waals surface area contributed by atoms with Crippen molar-refractivity contribution >= 4 is 39.1 Å². The van der Waals surface area contributed by atoms with E-state index in [0.717, 1.165) is 18.8 Å². The van der Waals surface area contributed by atoms with Gasteiger partial charge in [-0.05, 0) is 36.8 Å². The number of carbonyl (C=O) groups is 1. The third-order valence-electron chi connectivity index (χ3n) is 5.29. The van der Waals surface area contributed by atoms with Crippen LogP contribution in [0.2, 0.25) is 5.02 Å². The van der Waals surface area contributed by atoms with Crippen LogP contribution in [-0.4, -0.2) is 57.8 Å². The Hall–Kier alpha value is -2.58. The number of nitrogens with zero attached hydrogens (tertiary/aromatic N) is 3. The van der Waals surface area contributed by atoms with Gasteiger partial charge in [0.15, 0.2) is 0 Å². The van der Waals surface area contributed by atoms with Crippen molar-refractivity contribution in [1.29, 1.82) is 0 Å². The van der Waals surface area contributed by atoms with Crippen LogP contribution in [0.15, 0.2) is 58.4 Å². The number of sulfonamides is 1. The van der Waals surface area contributed by atoms with Crippen LogP contribution >= 0.6 is 11.6 Å². The largest absolute Gasteiger partial charge is 0.368 e. The van der Waals surface area contributed by atoms with Crippen molar-refractivity contribution in [3.63, 3.8) is 0 Å². The summed E-state index contributed by atoms with van der Waals surface area (Å²) in [6, 6.07) is 14.5. The number of aliphatic imine (C=N–C) groups is 1. The number of halogens is 1. The summed E-state index contributed by atoms with van der Waals surface area (Å²) in [5.41, 5.74) is 1.66. The van der Waals surface area contributed by atoms with Crippen LogP contribution in [0, 0.1) is 0 Å². The number of benzene rings is 2. The van der Waals surface area contributed by atoms with Crippen molar-refractivity contribution in [2.24, 2.45) is 4.99 Å². The van der Waals surface area contributed by atoms with Gasteiger partial charge in [0.05, 0.1) is 4.90 Å². The van der Waals surface area contributed by atoms with Crippen molar-refractivity contribution in [3.05, 3.63) is 59.1 Å². The van der Waals surface area contributed by atoms with E-state index in [1.54, 1.807) is 24.3 Å². The summed E-state index contributed by atoms with van der Waals surface area (Å²) < 4.78 is 26.7. The Labute approximate surface area is 181 Å². The molecule has 2 heterocycles. The Balaban J connectivity index is 1.26. The first kappa shape index (κ1) is 20.7. The zero-order valence-corrected chi connectivity index (χ0v) is 18.0. The smallest absolute Gasteiger partial charge is 0.263 e. The van der Waals surface area contributed by atoms with Gasteiger partial charge in [-0.1, -0.05) is 29.8 Å². The molecule has 0 atom stereocenters. The average Bonchev–Trinajstić information content (AvgIpc) is 3.01. The molecule has 7 nitrogen and oxygen atoms in total. The van der Waals surface area contributed by atoms with Crippen LogP contribution in [0.4, 0.5) is 5.69 Å². The van der Waals surface area contributed by atoms with Crippen LogP contribution in [0.3, 0.4) is 0 Å². The van der Waals surface area contributed by atoms with Gasteiger partial charge in [0.25, 0.3) is 10.0 Å². The van der Waals surface area contributed by atoms with Gasteiger partial charge in [-0.15, -0.1) is 0 Å². The lowest BCUT2D eigenvalue weighted by molar-refractivity contribution is -0.131. The highest BCUT2D eigenvalue weighted by Gasteiger charge is 2.30. The molecule has 1 saturated heterocycles. The molecule has 0 radical (unpaired) electrons. The molecule has 2 aromatic carbocycles. The predicted molar refractivity (Wildman–Crippen MR) is 118 cm³/mol. The summed E-state index contributed by atoms with van der Waals surface area (Å²) in [6.45, 7) is 3.28. The van der Waals surface area contributed by atoms with E-state index in [1.165, 1.54) is 0 Å². The first-order valence-corrected chi connectivity index (χ1v) is 11.8. The number of rotatable bonds is 5. The van der Waals surface area contributed by atoms with Crippen LogP contribution in [0.1, 0.15) is 18.4 Å². The molecule has 1 amide bonds. The number of carbonyl (C=O) groups excluding carboxylic acids is 1. The first-order valence-electron chi connectivity index (χ1n) is 9.89. The van der Waals surface area contributed by atoms with Gasteiger partial charge in [-0.25, -0.2) is 8.42 Å². The van der Waals surface area contributed by atoms with Gasteiger partial charge in [0, 0.05) is 55.4 Å². The third-order valence-corrected chi connectivity index (χ3v) is 6.92. The maximum Gasteiger partial charge on any atom is 0.263 e. The second kappa shape index (κ2) is 8.65. The summed E-state index contributed by atoms with van der Waals surface area (Å²) in [6.07, 6.45) is 0.961. The van der Waals surface area contributed by atoms with Crippen LogP contribution in [-0.2, 0) is 14.8 Å².